The first-order chi connectivity index (χ1) is 11.0. The zero-order valence-corrected chi connectivity index (χ0v) is 15.1. The third kappa shape index (κ3) is 5.59. The van der Waals surface area contributed by atoms with Crippen molar-refractivity contribution in [3.63, 3.8) is 0 Å². The van der Waals surface area contributed by atoms with Crippen molar-refractivity contribution < 1.29 is 18.0 Å². The van der Waals surface area contributed by atoms with Crippen LogP contribution in [0.2, 0.25) is 0 Å². The van der Waals surface area contributed by atoms with Crippen LogP contribution < -0.4 is 11.1 Å². The van der Waals surface area contributed by atoms with Crippen LogP contribution in [0.5, 0.6) is 0 Å². The van der Waals surface area contributed by atoms with Crippen molar-refractivity contribution in [3.05, 3.63) is 24.3 Å². The van der Waals surface area contributed by atoms with E-state index in [0.717, 1.165) is 4.31 Å². The number of nitrogens with two attached hydrogens (primary N) is 1. The second kappa shape index (κ2) is 8.22. The fraction of sp³-hybridized carbons (Fsp3) is 0.467. The molecule has 0 unspecified atom stereocenters. The van der Waals surface area contributed by atoms with E-state index in [-0.39, 0.29) is 29.9 Å². The lowest BCUT2D eigenvalue weighted by Gasteiger charge is -2.24. The fourth-order valence-electron chi connectivity index (χ4n) is 1.93. The monoisotopic (exact) mass is 356 g/mol. The molecule has 1 aromatic rings. The molecule has 1 aromatic carbocycles. The van der Waals surface area contributed by atoms with Crippen LogP contribution in [0, 0.1) is 0 Å². The summed E-state index contributed by atoms with van der Waals surface area (Å²) < 4.78 is 25.1. The van der Waals surface area contributed by atoms with Gasteiger partial charge >= 0.3 is 0 Å². The van der Waals surface area contributed by atoms with E-state index in [4.69, 9.17) is 5.73 Å². The average Bonchev–Trinajstić information content (AvgIpc) is 2.46. The molecule has 0 saturated carbocycles. The Morgan fingerprint density at radius 2 is 1.67 bits per heavy atom. The second-order valence-electron chi connectivity index (χ2n) is 5.83. The number of carbonyl (C=O) groups excluding carboxylic acids is 2. The zero-order chi connectivity index (χ0) is 18.5. The summed E-state index contributed by atoms with van der Waals surface area (Å²) in [4.78, 5) is 24.9. The molecule has 0 aliphatic heterocycles. The fourth-order valence-corrected chi connectivity index (χ4v) is 2.83. The van der Waals surface area contributed by atoms with Crippen molar-refractivity contribution in [2.24, 2.45) is 5.73 Å². The predicted octanol–water partition coefficient (Wildman–Crippen LogP) is 0.0711. The van der Waals surface area contributed by atoms with Gasteiger partial charge in [0.2, 0.25) is 21.8 Å². The number of sulfonamides is 1. The summed E-state index contributed by atoms with van der Waals surface area (Å²) in [7, 11) is -0.607. The lowest BCUT2D eigenvalue weighted by atomic mass is 10.3. The van der Waals surface area contributed by atoms with Gasteiger partial charge < -0.3 is 11.1 Å². The Balaban J connectivity index is 2.76. The summed E-state index contributed by atoms with van der Waals surface area (Å²) in [6, 6.07) is 5.86. The SMILES string of the molecule is CC(C)N(CC(N)=O)CC(=O)Nc1ccc(S(=O)(=O)N(C)C)cc1. The lowest BCUT2D eigenvalue weighted by molar-refractivity contribution is -0.121. The third-order valence-corrected chi connectivity index (χ3v) is 5.18. The normalized spacial score (nSPS) is 12.0. The van der Waals surface area contributed by atoms with Gasteiger partial charge in [0.15, 0.2) is 0 Å². The molecule has 24 heavy (non-hydrogen) atoms. The van der Waals surface area contributed by atoms with E-state index in [1.165, 1.54) is 38.4 Å². The van der Waals surface area contributed by atoms with E-state index >= 15 is 0 Å². The van der Waals surface area contributed by atoms with Crippen LogP contribution in [0.25, 0.3) is 0 Å². The summed E-state index contributed by atoms with van der Waals surface area (Å²) in [5.41, 5.74) is 5.64. The van der Waals surface area contributed by atoms with Gasteiger partial charge in [-0.3, -0.25) is 14.5 Å². The average molecular weight is 356 g/mol. The molecule has 0 atom stereocenters. The molecule has 8 nitrogen and oxygen atoms in total. The number of carbonyl (C=O) groups is 2. The Bertz CT molecular complexity index is 684. The highest BCUT2D eigenvalue weighted by molar-refractivity contribution is 7.89. The molecule has 0 heterocycles. The molecule has 9 heteroatoms. The van der Waals surface area contributed by atoms with Gasteiger partial charge in [0.25, 0.3) is 0 Å². The molecule has 0 spiro atoms. The van der Waals surface area contributed by atoms with Crippen LogP contribution in [0.1, 0.15) is 13.8 Å². The number of nitrogens with zero attached hydrogens (tertiary/aromatic N) is 2. The number of hydrogen-bond donors (Lipinski definition) is 2. The highest BCUT2D eigenvalue weighted by Gasteiger charge is 2.18. The van der Waals surface area contributed by atoms with Crippen LogP contribution in [0.3, 0.4) is 0 Å². The van der Waals surface area contributed by atoms with Gasteiger partial charge in [-0.15, -0.1) is 0 Å². The number of hydrogen-bond acceptors (Lipinski definition) is 5. The van der Waals surface area contributed by atoms with Gasteiger partial charge in [-0.25, -0.2) is 12.7 Å². The first-order valence-electron chi connectivity index (χ1n) is 7.39. The molecule has 134 valence electrons. The summed E-state index contributed by atoms with van der Waals surface area (Å²) in [5, 5.41) is 2.67. The van der Waals surface area contributed by atoms with Gasteiger partial charge in [0, 0.05) is 25.8 Å². The molecule has 1 rings (SSSR count). The maximum absolute atomic E-state index is 12.1. The molecule has 0 saturated heterocycles. The Morgan fingerprint density at radius 3 is 2.08 bits per heavy atom. The Morgan fingerprint density at radius 1 is 1.12 bits per heavy atom. The summed E-state index contributed by atoms with van der Waals surface area (Å²) in [5.74, 6) is -0.817. The summed E-state index contributed by atoms with van der Waals surface area (Å²) in [6.45, 7) is 3.72. The lowest BCUT2D eigenvalue weighted by Crippen LogP contribution is -2.43. The van der Waals surface area contributed by atoms with Crippen molar-refractivity contribution in [2.45, 2.75) is 24.8 Å². The number of benzene rings is 1. The maximum atomic E-state index is 12.1. The number of nitrogens with one attached hydrogen (secondary N) is 1. The van der Waals surface area contributed by atoms with Gasteiger partial charge in [-0.1, -0.05) is 0 Å². The zero-order valence-electron chi connectivity index (χ0n) is 14.3. The third-order valence-electron chi connectivity index (χ3n) is 3.35. The Kier molecular flexibility index (Phi) is 6.88. The largest absolute Gasteiger partial charge is 0.369 e. The minimum atomic E-state index is -3.50. The molecular weight excluding hydrogens is 332 g/mol. The first kappa shape index (κ1) is 20.1. The summed E-state index contributed by atoms with van der Waals surface area (Å²) >= 11 is 0. The van der Waals surface area contributed by atoms with Gasteiger partial charge in [0.1, 0.15) is 0 Å². The molecule has 0 radical (unpaired) electrons. The summed E-state index contributed by atoms with van der Waals surface area (Å²) in [6.07, 6.45) is 0. The van der Waals surface area contributed by atoms with Crippen LogP contribution in [-0.2, 0) is 19.6 Å². The standard InChI is InChI=1S/C15H24N4O4S/c1-11(2)19(9-14(16)20)10-15(21)17-12-5-7-13(8-6-12)24(22,23)18(3)4/h5-8,11H,9-10H2,1-4H3,(H2,16,20)(H,17,21). The minimum absolute atomic E-state index is 0.00883. The van der Waals surface area contributed by atoms with E-state index in [2.05, 4.69) is 5.32 Å². The van der Waals surface area contributed by atoms with Crippen LogP contribution in [-0.4, -0.2) is 62.7 Å². The van der Waals surface area contributed by atoms with Gasteiger partial charge in [-0.2, -0.15) is 0 Å². The Hall–Kier alpha value is -1.97. The maximum Gasteiger partial charge on any atom is 0.242 e. The van der Waals surface area contributed by atoms with E-state index in [0.29, 0.717) is 5.69 Å². The van der Waals surface area contributed by atoms with Crippen molar-refractivity contribution in [3.8, 4) is 0 Å². The van der Waals surface area contributed by atoms with Crippen LogP contribution in [0.4, 0.5) is 5.69 Å². The second-order valence-corrected chi connectivity index (χ2v) is 7.98. The quantitative estimate of drug-likeness (QED) is 0.684. The van der Waals surface area contributed by atoms with Crippen molar-refractivity contribution in [1.29, 1.82) is 0 Å². The van der Waals surface area contributed by atoms with Crippen molar-refractivity contribution >= 4 is 27.5 Å². The molecule has 2 amide bonds. The molecule has 0 aromatic heterocycles. The predicted molar refractivity (Wildman–Crippen MR) is 91.8 cm³/mol. The number of rotatable bonds is 8. The smallest absolute Gasteiger partial charge is 0.242 e. The number of primary amides is 1. The molecule has 0 fully saturated rings. The first-order valence-corrected chi connectivity index (χ1v) is 8.83. The van der Waals surface area contributed by atoms with E-state index in [1.807, 2.05) is 13.8 Å². The van der Waals surface area contributed by atoms with Gasteiger partial charge in [-0.05, 0) is 38.1 Å². The van der Waals surface area contributed by atoms with Crippen molar-refractivity contribution in [2.75, 3.05) is 32.5 Å². The van der Waals surface area contributed by atoms with Crippen LogP contribution in [0.15, 0.2) is 29.2 Å². The van der Waals surface area contributed by atoms with E-state index in [9.17, 15) is 18.0 Å². The minimum Gasteiger partial charge on any atom is -0.369 e. The van der Waals surface area contributed by atoms with Crippen LogP contribution >= 0.6 is 0 Å². The highest BCUT2D eigenvalue weighted by atomic mass is 32.2. The van der Waals surface area contributed by atoms with Crippen molar-refractivity contribution in [1.82, 2.24) is 9.21 Å². The molecule has 0 aliphatic rings. The number of anilines is 1. The Labute approximate surface area is 142 Å². The molecular formula is C15H24N4O4S. The molecule has 3 N–H and O–H groups in total. The number of amides is 2. The molecule has 0 aliphatic carbocycles. The molecule has 0 bridgehead atoms. The van der Waals surface area contributed by atoms with E-state index < -0.39 is 15.9 Å². The van der Waals surface area contributed by atoms with Gasteiger partial charge in [0.05, 0.1) is 18.0 Å². The highest BCUT2D eigenvalue weighted by Crippen LogP contribution is 2.16. The van der Waals surface area contributed by atoms with E-state index in [1.54, 1.807) is 4.90 Å². The topological polar surface area (TPSA) is 113 Å².